The third-order valence-electron chi connectivity index (χ3n) is 0. The predicted molar refractivity (Wildman–Crippen MR) is 13.4 cm³/mol. The van der Waals surface area contributed by atoms with Crippen LogP contribution in [-0.2, 0) is 4.57 Å². The van der Waals surface area contributed by atoms with Crippen molar-refractivity contribution in [3.05, 3.63) is 0 Å². The monoisotopic (exact) mass is 255 g/mol. The van der Waals surface area contributed by atoms with Gasteiger partial charge < -0.3 is 31.7 Å². The van der Waals surface area contributed by atoms with Crippen molar-refractivity contribution in [2.24, 2.45) is 0 Å². The Hall–Kier alpha value is 3.46. The fourth-order valence-electron chi connectivity index (χ4n) is 0. The minimum Gasteiger partial charge on any atom is -1.00 e. The second-order valence-corrected chi connectivity index (χ2v) is 1.34. The summed E-state index contributed by atoms with van der Waals surface area (Å²) >= 11 is 0. The smallest absolute Gasteiger partial charge is 1.00 e. The van der Waals surface area contributed by atoms with Crippen LogP contribution in [0.1, 0.15) is 0 Å². The van der Waals surface area contributed by atoms with Gasteiger partial charge in [-0.15, -0.1) is 0 Å². The molecule has 4 nitrogen and oxygen atoms in total. The maximum atomic E-state index is 8.55. The average Bonchev–Trinajstić information content (AvgIpc) is 0.722. The Morgan fingerprint density at radius 3 is 1.12 bits per heavy atom. The topological polar surface area (TPSA) is 86.2 Å². The van der Waals surface area contributed by atoms with Crippen LogP contribution in [0.3, 0.4) is 0 Å². The summed E-state index contributed by atoms with van der Waals surface area (Å²) in [5, 5.41) is 0. The van der Waals surface area contributed by atoms with Gasteiger partial charge in [-0.1, -0.05) is 0 Å². The summed E-state index contributed by atoms with van der Waals surface area (Å²) in [7, 11) is -5.39. The number of hydrogen-bond donors (Lipinski definition) is 0. The zero-order valence-corrected chi connectivity index (χ0v) is 12.9. The average molecular weight is 256 g/mol. The van der Waals surface area contributed by atoms with E-state index in [1.807, 2.05) is 0 Å². The van der Waals surface area contributed by atoms with E-state index in [2.05, 4.69) is 0 Å². The summed E-state index contributed by atoms with van der Waals surface area (Å²) in [6.07, 6.45) is 0. The molecule has 0 saturated carbocycles. The van der Waals surface area contributed by atoms with E-state index in [9.17, 15) is 0 Å². The van der Waals surface area contributed by atoms with Crippen molar-refractivity contribution in [2.75, 3.05) is 0 Å². The molecule has 8 heavy (non-hydrogen) atoms. The van der Waals surface area contributed by atoms with Crippen molar-refractivity contribution in [1.29, 1.82) is 0 Å². The summed E-state index contributed by atoms with van der Waals surface area (Å²) in [4.78, 5) is 25.6. The quantitative estimate of drug-likeness (QED) is 0.318. The Balaban J connectivity index is -0.0000000267. The van der Waals surface area contributed by atoms with Crippen LogP contribution in [0.4, 0.5) is 0 Å². The van der Waals surface area contributed by atoms with E-state index in [4.69, 9.17) is 19.2 Å². The summed E-state index contributed by atoms with van der Waals surface area (Å²) in [5.74, 6) is 0. The van der Waals surface area contributed by atoms with Gasteiger partial charge in [0, 0.05) is 0 Å². The fraction of sp³-hybridized carbons (Fsp3) is 0. The van der Waals surface area contributed by atoms with Crippen LogP contribution >= 0.6 is 7.82 Å². The molecule has 0 rings (SSSR count). The molecular formula is CaClO4PRb-. The number of halogens is 1. The molecule has 0 heterocycles. The summed E-state index contributed by atoms with van der Waals surface area (Å²) < 4.78 is 8.55. The molecule has 0 aliphatic carbocycles. The molecule has 0 atom stereocenters. The van der Waals surface area contributed by atoms with E-state index in [1.54, 1.807) is 0 Å². The first-order chi connectivity index (χ1) is 2.00. The third kappa shape index (κ3) is 56.5. The van der Waals surface area contributed by atoms with E-state index < -0.39 is 7.82 Å². The van der Waals surface area contributed by atoms with Crippen LogP contribution in [0, 0.1) is 0 Å². The maximum absolute atomic E-state index is 8.55. The molecule has 0 radical (unpaired) electrons. The van der Waals surface area contributed by atoms with Gasteiger partial charge >= 0.3 is 95.9 Å². The molecule has 0 aromatic carbocycles. The molecule has 0 fully saturated rings. The van der Waals surface area contributed by atoms with Crippen molar-refractivity contribution < 1.29 is 89.8 Å². The van der Waals surface area contributed by atoms with Gasteiger partial charge in [-0.05, 0) is 0 Å². The molecule has 0 amide bonds. The maximum Gasteiger partial charge on any atom is 2.00 e. The second kappa shape index (κ2) is 10.5. The zero-order chi connectivity index (χ0) is 4.50. The standard InChI is InChI=1S/Ca.ClH.H3O4P.Rb/c;;1-5(2,3)4;/h;1H;(H3,1,2,3,4);/q+2;;;+1/p-4. The van der Waals surface area contributed by atoms with Crippen LogP contribution in [0.15, 0.2) is 0 Å². The Bertz CT molecular complexity index is 62.2. The van der Waals surface area contributed by atoms with Crippen molar-refractivity contribution >= 4 is 45.6 Å². The van der Waals surface area contributed by atoms with Gasteiger partial charge in [0.05, 0.1) is 0 Å². The number of rotatable bonds is 0. The molecule has 0 bridgehead atoms. The Morgan fingerprint density at radius 2 is 1.12 bits per heavy atom. The predicted octanol–water partition coefficient (Wildman–Crippen LogP) is -9.20. The molecule has 8 heteroatoms. The third-order valence-corrected chi connectivity index (χ3v) is 0. The van der Waals surface area contributed by atoms with E-state index in [-0.39, 0.29) is 108 Å². The molecule has 0 unspecified atom stereocenters. The van der Waals surface area contributed by atoms with Gasteiger partial charge in [-0.2, -0.15) is 7.82 Å². The van der Waals surface area contributed by atoms with E-state index >= 15 is 0 Å². The molecule has 0 N–H and O–H groups in total. The Morgan fingerprint density at radius 1 is 1.12 bits per heavy atom. The minimum absolute atomic E-state index is 0. The Kier molecular flexibility index (Phi) is 29.5. The first-order valence-corrected chi connectivity index (χ1v) is 2.19. The van der Waals surface area contributed by atoms with Gasteiger partial charge in [0.1, 0.15) is 0 Å². The minimum atomic E-state index is -5.39. The van der Waals surface area contributed by atoms with Crippen molar-refractivity contribution in [3.8, 4) is 0 Å². The van der Waals surface area contributed by atoms with E-state index in [0.29, 0.717) is 0 Å². The Labute approximate surface area is 132 Å². The molecule has 0 aromatic heterocycles. The van der Waals surface area contributed by atoms with Gasteiger partial charge in [0.2, 0.25) is 0 Å². The molecule has 0 spiro atoms. The summed E-state index contributed by atoms with van der Waals surface area (Å²) in [6, 6.07) is 0. The first kappa shape index (κ1) is 22.5. The van der Waals surface area contributed by atoms with Crippen LogP contribution in [-0.4, -0.2) is 37.7 Å². The molecule has 40 valence electrons. The molecular weight excluding hydrogens is 256 g/mol. The van der Waals surface area contributed by atoms with Gasteiger partial charge in [0.15, 0.2) is 0 Å². The SMILES string of the molecule is O=P([O-])([O-])[O-].[Ca+2].[Cl-].[Rb+]. The number of phosphoric acid groups is 1. The summed E-state index contributed by atoms with van der Waals surface area (Å²) in [5.41, 5.74) is 0. The van der Waals surface area contributed by atoms with Crippen LogP contribution < -0.4 is 85.3 Å². The fourth-order valence-corrected chi connectivity index (χ4v) is 0. The molecule has 0 aliphatic rings. The van der Waals surface area contributed by atoms with Crippen molar-refractivity contribution in [3.63, 3.8) is 0 Å². The van der Waals surface area contributed by atoms with Gasteiger partial charge in [-0.25, -0.2) is 0 Å². The normalized spacial score (nSPS) is 7.38. The van der Waals surface area contributed by atoms with Gasteiger partial charge in [-0.3, -0.25) is 0 Å². The first-order valence-electron chi connectivity index (χ1n) is 0.730. The summed E-state index contributed by atoms with van der Waals surface area (Å²) in [6.45, 7) is 0. The van der Waals surface area contributed by atoms with E-state index in [1.165, 1.54) is 0 Å². The van der Waals surface area contributed by atoms with Crippen molar-refractivity contribution in [2.45, 2.75) is 0 Å². The molecule has 0 saturated heterocycles. The molecule has 0 aromatic rings. The molecule has 0 aliphatic heterocycles. The largest absolute Gasteiger partial charge is 2.00 e. The van der Waals surface area contributed by atoms with Crippen LogP contribution in [0.5, 0.6) is 0 Å². The van der Waals surface area contributed by atoms with Crippen LogP contribution in [0.2, 0.25) is 0 Å². The van der Waals surface area contributed by atoms with Gasteiger partial charge in [0.25, 0.3) is 0 Å². The number of hydrogen-bond acceptors (Lipinski definition) is 4. The van der Waals surface area contributed by atoms with Crippen LogP contribution in [0.25, 0.3) is 0 Å². The second-order valence-electron chi connectivity index (χ2n) is 0.447. The van der Waals surface area contributed by atoms with Crippen molar-refractivity contribution in [1.82, 2.24) is 0 Å². The van der Waals surface area contributed by atoms with E-state index in [0.717, 1.165) is 0 Å². The zero-order valence-electron chi connectivity index (χ0n) is 4.17.